The van der Waals surface area contributed by atoms with Crippen LogP contribution in [-0.2, 0) is 6.54 Å². The van der Waals surface area contributed by atoms with Crippen LogP contribution in [-0.4, -0.2) is 25.3 Å². The van der Waals surface area contributed by atoms with E-state index in [1.54, 1.807) is 39.3 Å². The van der Waals surface area contributed by atoms with Crippen molar-refractivity contribution in [2.24, 2.45) is 0 Å². The zero-order valence-corrected chi connectivity index (χ0v) is 15.1. The molecule has 26 heavy (non-hydrogen) atoms. The Morgan fingerprint density at radius 3 is 2.38 bits per heavy atom. The Bertz CT molecular complexity index is 904. The number of carbonyl (C=O) groups excluding carboxylic acids is 1. The number of hydrogen-bond donors (Lipinski definition) is 1. The van der Waals surface area contributed by atoms with Crippen LogP contribution in [0.4, 0.5) is 0 Å². The van der Waals surface area contributed by atoms with E-state index < -0.39 is 0 Å². The lowest BCUT2D eigenvalue weighted by Gasteiger charge is -2.08. The smallest absolute Gasteiger partial charge is 0.257 e. The Morgan fingerprint density at radius 2 is 1.81 bits per heavy atom. The summed E-state index contributed by atoms with van der Waals surface area (Å²) in [6, 6.07) is 8.93. The molecule has 0 radical (unpaired) electrons. The first-order valence-electron chi connectivity index (χ1n) is 8.05. The number of rotatable bonds is 6. The number of amides is 1. The van der Waals surface area contributed by atoms with Gasteiger partial charge in [-0.2, -0.15) is 0 Å². The minimum Gasteiger partial charge on any atom is -0.497 e. The summed E-state index contributed by atoms with van der Waals surface area (Å²) < 4.78 is 21.4. The molecule has 0 aliphatic heterocycles. The molecule has 0 bridgehead atoms. The van der Waals surface area contributed by atoms with Crippen LogP contribution in [0.2, 0.25) is 0 Å². The summed E-state index contributed by atoms with van der Waals surface area (Å²) in [5.74, 6) is 2.70. The molecule has 0 saturated heterocycles. The first-order chi connectivity index (χ1) is 12.5. The molecule has 0 aliphatic rings. The van der Waals surface area contributed by atoms with Gasteiger partial charge < -0.3 is 23.7 Å². The Kier molecular flexibility index (Phi) is 4.97. The monoisotopic (exact) mass is 356 g/mol. The number of furan rings is 1. The quantitative estimate of drug-likeness (QED) is 0.727. The van der Waals surface area contributed by atoms with Gasteiger partial charge in [0.25, 0.3) is 5.91 Å². The third-order valence-electron chi connectivity index (χ3n) is 3.92. The molecule has 7 heteroatoms. The molecule has 1 amide bonds. The third-order valence-corrected chi connectivity index (χ3v) is 3.92. The standard InChI is InChI=1S/C19H20N2O5/c1-11-5-6-14(25-11)10-20-19(22)17-12(2)21-26-18(17)13-7-15(23-3)9-16(8-13)24-4/h5-9H,10H2,1-4H3,(H,20,22). The summed E-state index contributed by atoms with van der Waals surface area (Å²) in [7, 11) is 3.12. The average molecular weight is 356 g/mol. The highest BCUT2D eigenvalue weighted by molar-refractivity contribution is 6.00. The highest BCUT2D eigenvalue weighted by Gasteiger charge is 2.23. The second-order valence-electron chi connectivity index (χ2n) is 5.77. The number of methoxy groups -OCH3 is 2. The van der Waals surface area contributed by atoms with E-state index in [4.69, 9.17) is 18.4 Å². The number of benzene rings is 1. The van der Waals surface area contributed by atoms with Crippen molar-refractivity contribution >= 4 is 5.91 Å². The van der Waals surface area contributed by atoms with Gasteiger partial charge in [0.2, 0.25) is 0 Å². The molecule has 2 aromatic heterocycles. The molecule has 3 aromatic rings. The van der Waals surface area contributed by atoms with Crippen molar-refractivity contribution in [1.29, 1.82) is 0 Å². The number of aromatic nitrogens is 1. The van der Waals surface area contributed by atoms with Gasteiger partial charge in [-0.1, -0.05) is 5.16 Å². The molecule has 136 valence electrons. The van der Waals surface area contributed by atoms with E-state index in [1.165, 1.54) is 0 Å². The lowest BCUT2D eigenvalue weighted by Crippen LogP contribution is -2.23. The van der Waals surface area contributed by atoms with Gasteiger partial charge >= 0.3 is 0 Å². The Hall–Kier alpha value is -3.22. The van der Waals surface area contributed by atoms with Gasteiger partial charge in [-0.05, 0) is 38.1 Å². The molecule has 0 aliphatic carbocycles. The topological polar surface area (TPSA) is 86.7 Å². The predicted octanol–water partition coefficient (Wildman–Crippen LogP) is 3.50. The summed E-state index contributed by atoms with van der Waals surface area (Å²) >= 11 is 0. The summed E-state index contributed by atoms with van der Waals surface area (Å²) in [5, 5.41) is 6.77. The first kappa shape index (κ1) is 17.6. The van der Waals surface area contributed by atoms with Crippen molar-refractivity contribution in [2.75, 3.05) is 14.2 Å². The van der Waals surface area contributed by atoms with E-state index in [0.717, 1.165) is 5.76 Å². The molecule has 3 rings (SSSR count). The molecule has 0 atom stereocenters. The van der Waals surface area contributed by atoms with Gasteiger partial charge in [0.05, 0.1) is 26.5 Å². The first-order valence-corrected chi connectivity index (χ1v) is 8.05. The van der Waals surface area contributed by atoms with Crippen LogP contribution in [0, 0.1) is 13.8 Å². The molecule has 0 spiro atoms. The van der Waals surface area contributed by atoms with Crippen LogP contribution in [0.5, 0.6) is 11.5 Å². The molecule has 0 unspecified atom stereocenters. The fourth-order valence-corrected chi connectivity index (χ4v) is 2.61. The lowest BCUT2D eigenvalue weighted by atomic mass is 10.1. The normalized spacial score (nSPS) is 10.6. The maximum absolute atomic E-state index is 12.7. The van der Waals surface area contributed by atoms with Crippen LogP contribution >= 0.6 is 0 Å². The summed E-state index contributed by atoms with van der Waals surface area (Å²) in [5.41, 5.74) is 1.50. The molecule has 7 nitrogen and oxygen atoms in total. The van der Waals surface area contributed by atoms with Crippen LogP contribution < -0.4 is 14.8 Å². The van der Waals surface area contributed by atoms with Crippen molar-refractivity contribution in [2.45, 2.75) is 20.4 Å². The zero-order chi connectivity index (χ0) is 18.7. The maximum atomic E-state index is 12.7. The largest absolute Gasteiger partial charge is 0.497 e. The number of nitrogens with one attached hydrogen (secondary N) is 1. The second kappa shape index (κ2) is 7.35. The molecular weight excluding hydrogens is 336 g/mol. The number of hydrogen-bond acceptors (Lipinski definition) is 6. The highest BCUT2D eigenvalue weighted by atomic mass is 16.5. The minimum atomic E-state index is -0.297. The SMILES string of the molecule is COc1cc(OC)cc(-c2onc(C)c2C(=O)NCc2ccc(C)o2)c1. The van der Waals surface area contributed by atoms with Gasteiger partial charge in [-0.15, -0.1) is 0 Å². The zero-order valence-electron chi connectivity index (χ0n) is 15.1. The van der Waals surface area contributed by atoms with Gasteiger partial charge in [0, 0.05) is 11.6 Å². The minimum absolute atomic E-state index is 0.276. The van der Waals surface area contributed by atoms with Gasteiger partial charge in [0.15, 0.2) is 5.76 Å². The number of nitrogens with zero attached hydrogens (tertiary/aromatic N) is 1. The Balaban J connectivity index is 1.90. The maximum Gasteiger partial charge on any atom is 0.257 e. The molecule has 1 N–H and O–H groups in total. The van der Waals surface area contributed by atoms with Crippen LogP contribution in [0.15, 0.2) is 39.3 Å². The van der Waals surface area contributed by atoms with E-state index in [0.29, 0.717) is 39.8 Å². The van der Waals surface area contributed by atoms with Crippen molar-refractivity contribution < 1.29 is 23.2 Å². The fraction of sp³-hybridized carbons (Fsp3) is 0.263. The number of carbonyl (C=O) groups is 1. The molecule has 0 fully saturated rings. The molecule has 0 saturated carbocycles. The Morgan fingerprint density at radius 1 is 1.12 bits per heavy atom. The highest BCUT2D eigenvalue weighted by Crippen LogP contribution is 2.33. The Labute approximate surface area is 150 Å². The number of ether oxygens (including phenoxy) is 2. The fourth-order valence-electron chi connectivity index (χ4n) is 2.61. The molecular formula is C19H20N2O5. The van der Waals surface area contributed by atoms with E-state index in [-0.39, 0.29) is 12.5 Å². The van der Waals surface area contributed by atoms with Crippen LogP contribution in [0.25, 0.3) is 11.3 Å². The number of aryl methyl sites for hydroxylation is 2. The average Bonchev–Trinajstić information content (AvgIpc) is 3.24. The van der Waals surface area contributed by atoms with Crippen molar-refractivity contribution in [3.05, 3.63) is 53.1 Å². The van der Waals surface area contributed by atoms with E-state index in [9.17, 15) is 4.79 Å². The third kappa shape index (κ3) is 3.56. The summed E-state index contributed by atoms with van der Waals surface area (Å²) in [6.07, 6.45) is 0. The molecule has 2 heterocycles. The second-order valence-corrected chi connectivity index (χ2v) is 5.77. The predicted molar refractivity (Wildman–Crippen MR) is 94.4 cm³/mol. The lowest BCUT2D eigenvalue weighted by molar-refractivity contribution is 0.0947. The van der Waals surface area contributed by atoms with Crippen LogP contribution in [0.1, 0.15) is 27.6 Å². The van der Waals surface area contributed by atoms with E-state index >= 15 is 0 Å². The van der Waals surface area contributed by atoms with Gasteiger partial charge in [-0.25, -0.2) is 0 Å². The van der Waals surface area contributed by atoms with Crippen LogP contribution in [0.3, 0.4) is 0 Å². The van der Waals surface area contributed by atoms with Crippen molar-refractivity contribution in [1.82, 2.24) is 10.5 Å². The summed E-state index contributed by atoms with van der Waals surface area (Å²) in [4.78, 5) is 12.7. The van der Waals surface area contributed by atoms with Crippen molar-refractivity contribution in [3.63, 3.8) is 0 Å². The molecule has 1 aromatic carbocycles. The van der Waals surface area contributed by atoms with E-state index in [1.807, 2.05) is 19.1 Å². The van der Waals surface area contributed by atoms with Gasteiger partial charge in [0.1, 0.15) is 28.6 Å². The van der Waals surface area contributed by atoms with Crippen molar-refractivity contribution in [3.8, 4) is 22.8 Å². The summed E-state index contributed by atoms with van der Waals surface area (Å²) in [6.45, 7) is 3.85. The van der Waals surface area contributed by atoms with E-state index in [2.05, 4.69) is 10.5 Å². The van der Waals surface area contributed by atoms with Gasteiger partial charge in [-0.3, -0.25) is 4.79 Å².